The summed E-state index contributed by atoms with van der Waals surface area (Å²) in [5, 5.41) is 3.46. The summed E-state index contributed by atoms with van der Waals surface area (Å²) in [5.41, 5.74) is 2.96. The predicted molar refractivity (Wildman–Crippen MR) is 97.1 cm³/mol. The molecule has 0 aromatic heterocycles. The van der Waals surface area contributed by atoms with Crippen molar-refractivity contribution in [2.45, 2.75) is 32.2 Å². The van der Waals surface area contributed by atoms with E-state index in [0.717, 1.165) is 12.5 Å². The molecule has 0 amide bonds. The van der Waals surface area contributed by atoms with Crippen LogP contribution in [0.4, 0.5) is 5.69 Å². The molecule has 0 atom stereocenters. The average Bonchev–Trinajstić information content (AvgIpc) is 3.03. The highest BCUT2D eigenvalue weighted by Crippen LogP contribution is 2.25. The van der Waals surface area contributed by atoms with Crippen molar-refractivity contribution in [1.29, 1.82) is 0 Å². The highest BCUT2D eigenvalue weighted by atomic mass is 35.5. The van der Waals surface area contributed by atoms with E-state index in [4.69, 9.17) is 0 Å². The van der Waals surface area contributed by atoms with Gasteiger partial charge in [0, 0.05) is 31.9 Å². The maximum Gasteiger partial charge on any atom is 0.0411 e. The fourth-order valence-corrected chi connectivity index (χ4v) is 3.77. The summed E-state index contributed by atoms with van der Waals surface area (Å²) in [4.78, 5) is 5.08. The SMILES string of the molecule is CN(Cc1ccccc1N1CCCC1)CC1CCNCC1.Cl. The van der Waals surface area contributed by atoms with Crippen molar-refractivity contribution in [3.05, 3.63) is 29.8 Å². The molecule has 0 aliphatic carbocycles. The second-order valence-electron chi connectivity index (χ2n) is 6.71. The molecule has 1 N–H and O–H groups in total. The van der Waals surface area contributed by atoms with Crippen molar-refractivity contribution in [2.24, 2.45) is 5.92 Å². The maximum absolute atomic E-state index is 3.46. The van der Waals surface area contributed by atoms with Crippen molar-refractivity contribution in [1.82, 2.24) is 10.2 Å². The van der Waals surface area contributed by atoms with Crippen LogP contribution in [0.25, 0.3) is 0 Å². The van der Waals surface area contributed by atoms with Crippen LogP contribution in [0.15, 0.2) is 24.3 Å². The van der Waals surface area contributed by atoms with E-state index in [1.807, 2.05) is 0 Å². The Morgan fingerprint density at radius 1 is 1.14 bits per heavy atom. The Labute approximate surface area is 141 Å². The van der Waals surface area contributed by atoms with Gasteiger partial charge in [-0.2, -0.15) is 0 Å². The minimum absolute atomic E-state index is 0. The van der Waals surface area contributed by atoms with Crippen LogP contribution >= 0.6 is 12.4 Å². The van der Waals surface area contributed by atoms with Crippen LogP contribution in [-0.2, 0) is 6.54 Å². The van der Waals surface area contributed by atoms with Gasteiger partial charge in [-0.15, -0.1) is 12.4 Å². The van der Waals surface area contributed by atoms with Crippen LogP contribution in [0.2, 0.25) is 0 Å². The molecule has 22 heavy (non-hydrogen) atoms. The van der Waals surface area contributed by atoms with Gasteiger partial charge in [0.1, 0.15) is 0 Å². The predicted octanol–water partition coefficient (Wildman–Crippen LogP) is 3.14. The van der Waals surface area contributed by atoms with Gasteiger partial charge in [-0.25, -0.2) is 0 Å². The first kappa shape index (κ1) is 17.6. The Morgan fingerprint density at radius 2 is 1.82 bits per heavy atom. The lowest BCUT2D eigenvalue weighted by molar-refractivity contribution is 0.234. The zero-order valence-electron chi connectivity index (χ0n) is 13.8. The molecule has 1 aromatic rings. The lowest BCUT2D eigenvalue weighted by Crippen LogP contribution is -2.34. The van der Waals surface area contributed by atoms with Crippen molar-refractivity contribution in [3.8, 4) is 0 Å². The topological polar surface area (TPSA) is 18.5 Å². The number of anilines is 1. The van der Waals surface area contributed by atoms with E-state index >= 15 is 0 Å². The molecular formula is C18H30ClN3. The second kappa shape index (κ2) is 8.76. The summed E-state index contributed by atoms with van der Waals surface area (Å²) >= 11 is 0. The number of rotatable bonds is 5. The monoisotopic (exact) mass is 323 g/mol. The van der Waals surface area contributed by atoms with Crippen LogP contribution in [0.5, 0.6) is 0 Å². The van der Waals surface area contributed by atoms with E-state index in [1.165, 1.54) is 69.7 Å². The van der Waals surface area contributed by atoms with Crippen molar-refractivity contribution < 1.29 is 0 Å². The Bertz CT molecular complexity index is 440. The minimum Gasteiger partial charge on any atom is -0.371 e. The molecule has 3 rings (SSSR count). The summed E-state index contributed by atoms with van der Waals surface area (Å²) in [6.07, 6.45) is 5.36. The molecular weight excluding hydrogens is 294 g/mol. The average molecular weight is 324 g/mol. The van der Waals surface area contributed by atoms with Gasteiger partial charge in [-0.3, -0.25) is 0 Å². The van der Waals surface area contributed by atoms with E-state index in [0.29, 0.717) is 0 Å². The molecule has 2 heterocycles. The first-order valence-electron chi connectivity index (χ1n) is 8.55. The quantitative estimate of drug-likeness (QED) is 0.898. The zero-order valence-corrected chi connectivity index (χ0v) is 14.6. The molecule has 0 unspecified atom stereocenters. The van der Waals surface area contributed by atoms with Crippen LogP contribution in [-0.4, -0.2) is 44.7 Å². The van der Waals surface area contributed by atoms with Gasteiger partial charge in [-0.1, -0.05) is 18.2 Å². The van der Waals surface area contributed by atoms with E-state index in [2.05, 4.69) is 46.4 Å². The van der Waals surface area contributed by atoms with Gasteiger partial charge in [0.15, 0.2) is 0 Å². The summed E-state index contributed by atoms with van der Waals surface area (Å²) in [5.74, 6) is 0.871. The molecule has 1 aromatic carbocycles. The molecule has 0 spiro atoms. The Kier molecular flexibility index (Phi) is 7.00. The van der Waals surface area contributed by atoms with Gasteiger partial charge in [-0.05, 0) is 63.4 Å². The highest BCUT2D eigenvalue weighted by Gasteiger charge is 2.18. The number of benzene rings is 1. The molecule has 2 saturated heterocycles. The van der Waals surface area contributed by atoms with Crippen LogP contribution in [0.3, 0.4) is 0 Å². The number of hydrogen-bond acceptors (Lipinski definition) is 3. The molecule has 3 nitrogen and oxygen atoms in total. The fourth-order valence-electron chi connectivity index (χ4n) is 3.77. The highest BCUT2D eigenvalue weighted by molar-refractivity contribution is 5.85. The normalized spacial score (nSPS) is 19.5. The van der Waals surface area contributed by atoms with Gasteiger partial charge in [0.2, 0.25) is 0 Å². The van der Waals surface area contributed by atoms with E-state index < -0.39 is 0 Å². The molecule has 2 fully saturated rings. The van der Waals surface area contributed by atoms with Crippen LogP contribution < -0.4 is 10.2 Å². The molecule has 0 saturated carbocycles. The van der Waals surface area contributed by atoms with Crippen LogP contribution in [0, 0.1) is 5.92 Å². The molecule has 2 aliphatic rings. The second-order valence-corrected chi connectivity index (χ2v) is 6.71. The minimum atomic E-state index is 0. The standard InChI is InChI=1S/C18H29N3.ClH/c1-20(14-16-8-10-19-11-9-16)15-17-6-2-3-7-18(17)21-12-4-5-13-21;/h2-3,6-7,16,19H,4-5,8-15H2,1H3;1H. The third-order valence-electron chi connectivity index (χ3n) is 4.91. The summed E-state index contributed by atoms with van der Waals surface area (Å²) in [6.45, 7) is 7.17. The molecule has 2 aliphatic heterocycles. The van der Waals surface area contributed by atoms with Gasteiger partial charge < -0.3 is 15.1 Å². The van der Waals surface area contributed by atoms with E-state index in [9.17, 15) is 0 Å². The Morgan fingerprint density at radius 3 is 2.55 bits per heavy atom. The summed E-state index contributed by atoms with van der Waals surface area (Å²) in [6, 6.07) is 8.99. The number of nitrogens with one attached hydrogen (secondary N) is 1. The van der Waals surface area contributed by atoms with E-state index in [1.54, 1.807) is 0 Å². The van der Waals surface area contributed by atoms with Crippen molar-refractivity contribution in [3.63, 3.8) is 0 Å². The largest absolute Gasteiger partial charge is 0.371 e. The number of piperidine rings is 1. The summed E-state index contributed by atoms with van der Waals surface area (Å²) in [7, 11) is 2.28. The van der Waals surface area contributed by atoms with Gasteiger partial charge in [0.25, 0.3) is 0 Å². The Balaban J connectivity index is 0.00000176. The third-order valence-corrected chi connectivity index (χ3v) is 4.91. The molecule has 0 radical (unpaired) electrons. The van der Waals surface area contributed by atoms with Gasteiger partial charge >= 0.3 is 0 Å². The molecule has 4 heteroatoms. The number of nitrogens with zero attached hydrogens (tertiary/aromatic N) is 2. The number of hydrogen-bond donors (Lipinski definition) is 1. The van der Waals surface area contributed by atoms with Crippen molar-refractivity contribution in [2.75, 3.05) is 44.7 Å². The van der Waals surface area contributed by atoms with Crippen LogP contribution in [0.1, 0.15) is 31.2 Å². The Hall–Kier alpha value is -0.770. The summed E-state index contributed by atoms with van der Waals surface area (Å²) < 4.78 is 0. The number of para-hydroxylation sites is 1. The molecule has 0 bridgehead atoms. The first-order chi connectivity index (χ1) is 10.3. The lowest BCUT2D eigenvalue weighted by atomic mass is 9.97. The van der Waals surface area contributed by atoms with Crippen molar-refractivity contribution >= 4 is 18.1 Å². The van der Waals surface area contributed by atoms with E-state index in [-0.39, 0.29) is 12.4 Å². The number of halogens is 1. The van der Waals surface area contributed by atoms with Gasteiger partial charge in [0.05, 0.1) is 0 Å². The fraction of sp³-hybridized carbons (Fsp3) is 0.667. The first-order valence-corrected chi connectivity index (χ1v) is 8.55. The lowest BCUT2D eigenvalue weighted by Gasteiger charge is -2.29. The maximum atomic E-state index is 3.46. The zero-order chi connectivity index (χ0) is 14.5. The molecule has 124 valence electrons. The third kappa shape index (κ3) is 4.61. The smallest absolute Gasteiger partial charge is 0.0411 e.